The zero-order chi connectivity index (χ0) is 16.2. The molecule has 22 heavy (non-hydrogen) atoms. The third-order valence-electron chi connectivity index (χ3n) is 4.87. The summed E-state index contributed by atoms with van der Waals surface area (Å²) in [5.74, 6) is -1.54. The van der Waals surface area contributed by atoms with E-state index in [1.165, 1.54) is 6.07 Å². The van der Waals surface area contributed by atoms with Crippen LogP contribution < -0.4 is 0 Å². The molecule has 1 aliphatic carbocycles. The van der Waals surface area contributed by atoms with Gasteiger partial charge < -0.3 is 5.11 Å². The second kappa shape index (κ2) is 7.03. The summed E-state index contributed by atoms with van der Waals surface area (Å²) in [7, 11) is 0. The predicted octanol–water partition coefficient (Wildman–Crippen LogP) is 4.10. The Labute approximate surface area is 130 Å². The smallest absolute Gasteiger partial charge is 0.306 e. The molecule has 0 atom stereocenters. The number of hydrogen-bond acceptors (Lipinski definition) is 2. The first-order chi connectivity index (χ1) is 10.5. The molecule has 1 aliphatic rings. The van der Waals surface area contributed by atoms with Crippen LogP contribution in [0, 0.1) is 11.7 Å². The second-order valence-electron chi connectivity index (χ2n) is 6.20. The molecular weight excluding hydrogens is 283 g/mol. The number of ketones is 1. The molecule has 0 unspecified atom stereocenters. The van der Waals surface area contributed by atoms with E-state index in [4.69, 9.17) is 5.11 Å². The zero-order valence-corrected chi connectivity index (χ0v) is 13.0. The van der Waals surface area contributed by atoms with Crippen LogP contribution in [-0.4, -0.2) is 16.9 Å². The van der Waals surface area contributed by atoms with E-state index in [0.717, 1.165) is 12.8 Å². The van der Waals surface area contributed by atoms with E-state index in [0.29, 0.717) is 37.7 Å². The lowest BCUT2D eigenvalue weighted by atomic mass is 9.63. The van der Waals surface area contributed by atoms with E-state index in [-0.39, 0.29) is 11.6 Å². The maximum Gasteiger partial charge on any atom is 0.306 e. The van der Waals surface area contributed by atoms with E-state index >= 15 is 0 Å². The van der Waals surface area contributed by atoms with Crippen LogP contribution in [-0.2, 0) is 15.0 Å². The van der Waals surface area contributed by atoms with Gasteiger partial charge in [0.2, 0.25) is 0 Å². The summed E-state index contributed by atoms with van der Waals surface area (Å²) < 4.78 is 14.3. The summed E-state index contributed by atoms with van der Waals surface area (Å²) in [5.41, 5.74) is -0.396. The predicted molar refractivity (Wildman–Crippen MR) is 82.2 cm³/mol. The normalized spacial score (nSPS) is 24.9. The van der Waals surface area contributed by atoms with Crippen LogP contribution in [0.1, 0.15) is 57.4 Å². The van der Waals surface area contributed by atoms with Gasteiger partial charge >= 0.3 is 5.97 Å². The first-order valence-corrected chi connectivity index (χ1v) is 8.02. The van der Waals surface area contributed by atoms with E-state index in [1.807, 2.05) is 6.92 Å². The molecule has 0 radical (unpaired) electrons. The Balaban J connectivity index is 2.32. The largest absolute Gasteiger partial charge is 0.481 e. The SMILES string of the molecule is CCCCC(=O)C1(c2ccccc2F)CCC(C(=O)O)CC1. The number of carbonyl (C=O) groups is 2. The molecule has 0 aromatic heterocycles. The molecule has 0 bridgehead atoms. The topological polar surface area (TPSA) is 54.4 Å². The van der Waals surface area contributed by atoms with E-state index in [9.17, 15) is 14.0 Å². The van der Waals surface area contributed by atoms with Crippen molar-refractivity contribution in [1.29, 1.82) is 0 Å². The molecule has 1 saturated carbocycles. The minimum absolute atomic E-state index is 0.0586. The van der Waals surface area contributed by atoms with Gasteiger partial charge in [-0.05, 0) is 38.2 Å². The number of halogens is 1. The summed E-state index contributed by atoms with van der Waals surface area (Å²) in [6.07, 6.45) is 3.85. The van der Waals surface area contributed by atoms with E-state index in [2.05, 4.69) is 0 Å². The lowest BCUT2D eigenvalue weighted by Gasteiger charge is -2.38. The van der Waals surface area contributed by atoms with Crippen molar-refractivity contribution < 1.29 is 19.1 Å². The van der Waals surface area contributed by atoms with Gasteiger partial charge in [-0.2, -0.15) is 0 Å². The van der Waals surface area contributed by atoms with Gasteiger partial charge in [0.15, 0.2) is 0 Å². The van der Waals surface area contributed by atoms with Gasteiger partial charge in [0.1, 0.15) is 11.6 Å². The molecular formula is C18H23FO3. The van der Waals surface area contributed by atoms with Crippen molar-refractivity contribution >= 4 is 11.8 Å². The minimum Gasteiger partial charge on any atom is -0.481 e. The third-order valence-corrected chi connectivity index (χ3v) is 4.87. The Hall–Kier alpha value is -1.71. The van der Waals surface area contributed by atoms with Crippen molar-refractivity contribution in [3.63, 3.8) is 0 Å². The lowest BCUT2D eigenvalue weighted by molar-refractivity contribution is -0.144. The van der Waals surface area contributed by atoms with Gasteiger partial charge in [0.25, 0.3) is 0 Å². The summed E-state index contributed by atoms with van der Waals surface area (Å²) in [6, 6.07) is 6.43. The summed E-state index contributed by atoms with van der Waals surface area (Å²) >= 11 is 0. The maximum atomic E-state index is 14.3. The quantitative estimate of drug-likeness (QED) is 0.861. The van der Waals surface area contributed by atoms with Gasteiger partial charge in [0, 0.05) is 12.0 Å². The highest BCUT2D eigenvalue weighted by molar-refractivity contribution is 5.90. The Morgan fingerprint density at radius 3 is 2.45 bits per heavy atom. The number of aliphatic carboxylic acids is 1. The second-order valence-corrected chi connectivity index (χ2v) is 6.20. The first-order valence-electron chi connectivity index (χ1n) is 8.02. The van der Waals surface area contributed by atoms with Crippen LogP contribution in [0.3, 0.4) is 0 Å². The molecule has 4 heteroatoms. The molecule has 1 aromatic carbocycles. The fraction of sp³-hybridized carbons (Fsp3) is 0.556. The van der Waals surface area contributed by atoms with Crippen molar-refractivity contribution in [3.05, 3.63) is 35.6 Å². The van der Waals surface area contributed by atoms with Crippen LogP contribution in [0.25, 0.3) is 0 Å². The number of carboxylic acid groups (broad SMARTS) is 1. The number of hydrogen-bond donors (Lipinski definition) is 1. The van der Waals surface area contributed by atoms with Gasteiger partial charge in [-0.3, -0.25) is 9.59 Å². The molecule has 0 amide bonds. The third kappa shape index (κ3) is 3.21. The average Bonchev–Trinajstić information content (AvgIpc) is 2.53. The van der Waals surface area contributed by atoms with Crippen LogP contribution in [0.4, 0.5) is 4.39 Å². The van der Waals surface area contributed by atoms with Crippen molar-refractivity contribution in [2.45, 2.75) is 57.3 Å². The molecule has 0 saturated heterocycles. The molecule has 2 rings (SSSR count). The standard InChI is InChI=1S/C18H23FO3/c1-2-3-8-16(20)18(14-6-4-5-7-15(14)19)11-9-13(10-12-18)17(21)22/h4-7,13H,2-3,8-12H2,1H3,(H,21,22). The molecule has 1 fully saturated rings. The summed E-state index contributed by atoms with van der Waals surface area (Å²) in [4.78, 5) is 23.9. The molecule has 3 nitrogen and oxygen atoms in total. The summed E-state index contributed by atoms with van der Waals surface area (Å²) in [6.45, 7) is 2.02. The highest BCUT2D eigenvalue weighted by Crippen LogP contribution is 2.44. The van der Waals surface area contributed by atoms with Crippen LogP contribution in [0.15, 0.2) is 24.3 Å². The Kier molecular flexibility index (Phi) is 5.33. The van der Waals surface area contributed by atoms with Crippen molar-refractivity contribution in [3.8, 4) is 0 Å². The summed E-state index contributed by atoms with van der Waals surface area (Å²) in [5, 5.41) is 9.15. The van der Waals surface area contributed by atoms with Crippen molar-refractivity contribution in [2.75, 3.05) is 0 Å². The van der Waals surface area contributed by atoms with Gasteiger partial charge in [-0.1, -0.05) is 31.5 Å². The number of Topliss-reactive ketones (excluding diaryl/α,β-unsaturated/α-hetero) is 1. The van der Waals surface area contributed by atoms with Gasteiger partial charge in [0.05, 0.1) is 11.3 Å². The molecule has 120 valence electrons. The first kappa shape index (κ1) is 16.7. The fourth-order valence-corrected chi connectivity index (χ4v) is 3.48. The van der Waals surface area contributed by atoms with Gasteiger partial charge in [-0.15, -0.1) is 0 Å². The molecule has 0 heterocycles. The van der Waals surface area contributed by atoms with E-state index < -0.39 is 17.3 Å². The molecule has 0 spiro atoms. The van der Waals surface area contributed by atoms with Gasteiger partial charge in [-0.25, -0.2) is 4.39 Å². The average molecular weight is 306 g/mol. The maximum absolute atomic E-state index is 14.3. The van der Waals surface area contributed by atoms with Crippen LogP contribution in [0.2, 0.25) is 0 Å². The Morgan fingerprint density at radius 2 is 1.91 bits per heavy atom. The Morgan fingerprint density at radius 1 is 1.27 bits per heavy atom. The number of rotatable bonds is 6. The lowest BCUT2D eigenvalue weighted by Crippen LogP contribution is -2.41. The van der Waals surface area contributed by atoms with Crippen LogP contribution in [0.5, 0.6) is 0 Å². The minimum atomic E-state index is -0.841. The molecule has 1 aromatic rings. The van der Waals surface area contributed by atoms with E-state index in [1.54, 1.807) is 18.2 Å². The molecule has 0 aliphatic heterocycles. The van der Waals surface area contributed by atoms with Crippen molar-refractivity contribution in [2.24, 2.45) is 5.92 Å². The van der Waals surface area contributed by atoms with Crippen molar-refractivity contribution in [1.82, 2.24) is 0 Å². The van der Waals surface area contributed by atoms with Crippen LogP contribution >= 0.6 is 0 Å². The number of carbonyl (C=O) groups excluding carboxylic acids is 1. The zero-order valence-electron chi connectivity index (χ0n) is 13.0. The number of carboxylic acids is 1. The fourth-order valence-electron chi connectivity index (χ4n) is 3.48. The highest BCUT2D eigenvalue weighted by Gasteiger charge is 2.45. The molecule has 1 N–H and O–H groups in total. The highest BCUT2D eigenvalue weighted by atomic mass is 19.1. The monoisotopic (exact) mass is 306 g/mol. The Bertz CT molecular complexity index is 545. The number of benzene rings is 1. The number of unbranched alkanes of at least 4 members (excludes halogenated alkanes) is 1.